The smallest absolute Gasteiger partial charge is 0.130 e. The van der Waals surface area contributed by atoms with E-state index in [1.165, 1.54) is 12.8 Å². The van der Waals surface area contributed by atoms with E-state index in [1.807, 2.05) is 0 Å². The van der Waals surface area contributed by atoms with Crippen LogP contribution in [0.15, 0.2) is 0 Å². The van der Waals surface area contributed by atoms with Crippen molar-refractivity contribution in [3.8, 4) is 0 Å². The van der Waals surface area contributed by atoms with Gasteiger partial charge in [0, 0.05) is 6.42 Å². The SMILES string of the molecule is CC(=O)CC(C)C1C(C)CCC(C)C1(C)C. The summed E-state index contributed by atoms with van der Waals surface area (Å²) in [7, 11) is 0. The van der Waals surface area contributed by atoms with Gasteiger partial charge in [-0.05, 0) is 42.4 Å². The summed E-state index contributed by atoms with van der Waals surface area (Å²) in [4.78, 5) is 11.3. The molecule has 1 nitrogen and oxygen atoms in total. The highest BCUT2D eigenvalue weighted by atomic mass is 16.1. The van der Waals surface area contributed by atoms with Gasteiger partial charge in [-0.3, -0.25) is 0 Å². The standard InChI is InChI=1S/C15H28O/c1-10-7-8-12(3)15(5,6)14(10)11(2)9-13(4)16/h10-12,14H,7-9H2,1-6H3. The first-order chi connectivity index (χ1) is 7.26. The second-order valence-electron chi connectivity index (χ2n) is 6.69. The first-order valence-electron chi connectivity index (χ1n) is 6.76. The van der Waals surface area contributed by atoms with Crippen molar-refractivity contribution in [2.75, 3.05) is 0 Å². The van der Waals surface area contributed by atoms with Gasteiger partial charge in [-0.25, -0.2) is 0 Å². The van der Waals surface area contributed by atoms with E-state index in [4.69, 9.17) is 0 Å². The number of hydrogen-bond acceptors (Lipinski definition) is 1. The van der Waals surface area contributed by atoms with E-state index in [0.29, 0.717) is 23.0 Å². The van der Waals surface area contributed by atoms with Crippen LogP contribution >= 0.6 is 0 Å². The number of hydrogen-bond donors (Lipinski definition) is 0. The first-order valence-corrected chi connectivity index (χ1v) is 6.76. The highest BCUT2D eigenvalue weighted by Crippen LogP contribution is 2.51. The van der Waals surface area contributed by atoms with Crippen molar-refractivity contribution in [3.05, 3.63) is 0 Å². The molecule has 0 N–H and O–H groups in total. The monoisotopic (exact) mass is 224 g/mol. The number of ketones is 1. The molecule has 1 heteroatoms. The Kier molecular flexibility index (Phi) is 4.20. The third-order valence-corrected chi connectivity index (χ3v) is 5.02. The fourth-order valence-electron chi connectivity index (χ4n) is 4.00. The maximum Gasteiger partial charge on any atom is 0.130 e. The van der Waals surface area contributed by atoms with Crippen molar-refractivity contribution in [2.45, 2.75) is 60.8 Å². The lowest BCUT2D eigenvalue weighted by molar-refractivity contribution is -0.119. The second kappa shape index (κ2) is 4.89. The molecule has 1 aliphatic carbocycles. The zero-order chi connectivity index (χ0) is 12.5. The molecule has 94 valence electrons. The molecule has 0 aromatic carbocycles. The molecule has 0 bridgehead atoms. The van der Waals surface area contributed by atoms with Crippen molar-refractivity contribution in [1.82, 2.24) is 0 Å². The Morgan fingerprint density at radius 2 is 1.88 bits per heavy atom. The molecule has 0 amide bonds. The van der Waals surface area contributed by atoms with Gasteiger partial charge in [0.1, 0.15) is 5.78 Å². The van der Waals surface area contributed by atoms with Crippen LogP contribution in [0.1, 0.15) is 60.8 Å². The van der Waals surface area contributed by atoms with Gasteiger partial charge in [0.2, 0.25) is 0 Å². The lowest BCUT2D eigenvalue weighted by atomic mass is 9.55. The molecule has 1 rings (SSSR count). The summed E-state index contributed by atoms with van der Waals surface area (Å²) in [6.45, 7) is 13.5. The summed E-state index contributed by atoms with van der Waals surface area (Å²) < 4.78 is 0. The summed E-state index contributed by atoms with van der Waals surface area (Å²) in [5.74, 6) is 3.11. The summed E-state index contributed by atoms with van der Waals surface area (Å²) in [6.07, 6.45) is 3.43. The molecule has 4 atom stereocenters. The molecule has 0 aliphatic heterocycles. The van der Waals surface area contributed by atoms with E-state index in [9.17, 15) is 4.79 Å². The summed E-state index contributed by atoms with van der Waals surface area (Å²) in [5.41, 5.74) is 0.381. The predicted octanol–water partition coefficient (Wildman–Crippen LogP) is 4.31. The van der Waals surface area contributed by atoms with Gasteiger partial charge >= 0.3 is 0 Å². The van der Waals surface area contributed by atoms with Crippen LogP contribution in [0.25, 0.3) is 0 Å². The molecule has 1 aliphatic rings. The van der Waals surface area contributed by atoms with Gasteiger partial charge in [0.25, 0.3) is 0 Å². The van der Waals surface area contributed by atoms with Crippen molar-refractivity contribution in [2.24, 2.45) is 29.1 Å². The molecule has 16 heavy (non-hydrogen) atoms. The molecule has 0 radical (unpaired) electrons. The second-order valence-corrected chi connectivity index (χ2v) is 6.69. The number of Topliss-reactive ketones (excluding diaryl/α,β-unsaturated/α-hetero) is 1. The first kappa shape index (κ1) is 13.7. The van der Waals surface area contributed by atoms with E-state index in [0.717, 1.165) is 18.3 Å². The lowest BCUT2D eigenvalue weighted by Gasteiger charge is -2.50. The maximum absolute atomic E-state index is 11.3. The quantitative estimate of drug-likeness (QED) is 0.698. The van der Waals surface area contributed by atoms with Gasteiger partial charge in [-0.2, -0.15) is 0 Å². The predicted molar refractivity (Wildman–Crippen MR) is 69.3 cm³/mol. The Bertz CT molecular complexity index is 254. The van der Waals surface area contributed by atoms with Crippen LogP contribution in [0, 0.1) is 29.1 Å². The normalized spacial score (nSPS) is 35.8. The molecule has 0 aromatic heterocycles. The van der Waals surface area contributed by atoms with Gasteiger partial charge in [-0.1, -0.05) is 41.0 Å². The summed E-state index contributed by atoms with van der Waals surface area (Å²) >= 11 is 0. The summed E-state index contributed by atoms with van der Waals surface area (Å²) in [6, 6.07) is 0. The van der Waals surface area contributed by atoms with Crippen LogP contribution in [-0.2, 0) is 4.79 Å². The van der Waals surface area contributed by atoms with E-state index in [1.54, 1.807) is 6.92 Å². The maximum atomic E-state index is 11.3. The third-order valence-electron chi connectivity index (χ3n) is 5.02. The Balaban J connectivity index is 2.84. The van der Waals surface area contributed by atoms with Crippen molar-refractivity contribution in [1.29, 1.82) is 0 Å². The summed E-state index contributed by atoms with van der Waals surface area (Å²) in [5, 5.41) is 0. The Morgan fingerprint density at radius 1 is 1.31 bits per heavy atom. The van der Waals surface area contributed by atoms with E-state index >= 15 is 0 Å². The van der Waals surface area contributed by atoms with Crippen LogP contribution in [-0.4, -0.2) is 5.78 Å². The molecular weight excluding hydrogens is 196 g/mol. The van der Waals surface area contributed by atoms with Crippen LogP contribution in [0.3, 0.4) is 0 Å². The van der Waals surface area contributed by atoms with Gasteiger partial charge < -0.3 is 4.79 Å². The van der Waals surface area contributed by atoms with Crippen molar-refractivity contribution >= 4 is 5.78 Å². The van der Waals surface area contributed by atoms with E-state index in [-0.39, 0.29) is 0 Å². The molecule has 0 saturated heterocycles. The zero-order valence-electron chi connectivity index (χ0n) is 11.8. The van der Waals surface area contributed by atoms with Crippen molar-refractivity contribution < 1.29 is 4.79 Å². The van der Waals surface area contributed by atoms with Crippen LogP contribution in [0.2, 0.25) is 0 Å². The van der Waals surface area contributed by atoms with Crippen LogP contribution in [0.4, 0.5) is 0 Å². The average molecular weight is 224 g/mol. The highest BCUT2D eigenvalue weighted by Gasteiger charge is 2.43. The minimum Gasteiger partial charge on any atom is -0.300 e. The minimum atomic E-state index is 0.341. The van der Waals surface area contributed by atoms with Gasteiger partial charge in [0.05, 0.1) is 0 Å². The topological polar surface area (TPSA) is 17.1 Å². The molecule has 0 aromatic rings. The molecular formula is C15H28O. The number of carbonyl (C=O) groups excluding carboxylic acids is 1. The lowest BCUT2D eigenvalue weighted by Crippen LogP contribution is -2.43. The van der Waals surface area contributed by atoms with Crippen molar-refractivity contribution in [3.63, 3.8) is 0 Å². The highest BCUT2D eigenvalue weighted by molar-refractivity contribution is 5.75. The van der Waals surface area contributed by atoms with Gasteiger partial charge in [0.15, 0.2) is 0 Å². The van der Waals surface area contributed by atoms with E-state index in [2.05, 4.69) is 34.6 Å². The zero-order valence-corrected chi connectivity index (χ0v) is 11.8. The largest absolute Gasteiger partial charge is 0.300 e. The third kappa shape index (κ3) is 2.67. The Hall–Kier alpha value is -0.330. The number of rotatable bonds is 3. The molecule has 0 heterocycles. The molecule has 1 fully saturated rings. The Morgan fingerprint density at radius 3 is 2.38 bits per heavy atom. The fraction of sp³-hybridized carbons (Fsp3) is 0.933. The Labute approximate surface area is 101 Å². The van der Waals surface area contributed by atoms with Gasteiger partial charge in [-0.15, -0.1) is 0 Å². The average Bonchev–Trinajstić information content (AvgIpc) is 2.10. The minimum absolute atomic E-state index is 0.341. The van der Waals surface area contributed by atoms with Crippen LogP contribution in [0.5, 0.6) is 0 Å². The molecule has 4 unspecified atom stereocenters. The fourth-order valence-corrected chi connectivity index (χ4v) is 4.00. The number of carbonyl (C=O) groups is 1. The van der Waals surface area contributed by atoms with Crippen LogP contribution < -0.4 is 0 Å². The molecule has 1 saturated carbocycles. The molecule has 0 spiro atoms. The van der Waals surface area contributed by atoms with E-state index < -0.39 is 0 Å².